The Bertz CT molecular complexity index is 229. The van der Waals surface area contributed by atoms with Gasteiger partial charge in [0.1, 0.15) is 5.69 Å². The van der Waals surface area contributed by atoms with Crippen LogP contribution in [0.4, 0.5) is 10.2 Å². The average Bonchev–Trinajstić information content (AvgIpc) is 1.88. The van der Waals surface area contributed by atoms with E-state index in [0.29, 0.717) is 10.2 Å². The fraction of sp³-hybridized carbons (Fsp3) is 0. The third-order valence-corrected chi connectivity index (χ3v) is 1.89. The summed E-state index contributed by atoms with van der Waals surface area (Å²) < 4.78 is 12.9. The molecular formula is C6H4BrClFN. The summed E-state index contributed by atoms with van der Waals surface area (Å²) in [5.74, 6) is 0. The highest BCUT2D eigenvalue weighted by atomic mass is 79.9. The quantitative estimate of drug-likeness (QED) is 0.662. The second-order valence-corrected chi connectivity index (χ2v) is 2.84. The van der Waals surface area contributed by atoms with Crippen molar-refractivity contribution in [2.24, 2.45) is 0 Å². The number of rotatable bonds is 1. The maximum atomic E-state index is 12.3. The summed E-state index contributed by atoms with van der Waals surface area (Å²) in [4.78, 5) is 0. The summed E-state index contributed by atoms with van der Waals surface area (Å²) >= 11 is 8.18. The highest BCUT2D eigenvalue weighted by molar-refractivity contribution is 9.10. The van der Waals surface area contributed by atoms with Crippen molar-refractivity contribution < 1.29 is 4.48 Å². The molecule has 1 aromatic rings. The minimum Gasteiger partial charge on any atom is -0.116 e. The van der Waals surface area contributed by atoms with Crippen molar-refractivity contribution >= 4 is 33.4 Å². The molecular weight excluding hydrogens is 220 g/mol. The van der Waals surface area contributed by atoms with E-state index in [1.807, 2.05) is 0 Å². The van der Waals surface area contributed by atoms with Crippen LogP contribution in [-0.2, 0) is 0 Å². The molecule has 1 aromatic carbocycles. The monoisotopic (exact) mass is 223 g/mol. The lowest BCUT2D eigenvalue weighted by Gasteiger charge is -2.04. The Labute approximate surface area is 71.6 Å². The lowest BCUT2D eigenvalue weighted by Crippen LogP contribution is -1.93. The van der Waals surface area contributed by atoms with Crippen LogP contribution in [0.1, 0.15) is 0 Å². The normalized spacial score (nSPS) is 9.50. The number of halogens is 3. The van der Waals surface area contributed by atoms with E-state index < -0.39 is 0 Å². The summed E-state index contributed by atoms with van der Waals surface area (Å²) in [6, 6.07) is 6.77. The van der Waals surface area contributed by atoms with Gasteiger partial charge in [-0.1, -0.05) is 16.6 Å². The van der Waals surface area contributed by atoms with Crippen LogP contribution < -0.4 is 4.64 Å². The Hall–Kier alpha value is -0.280. The Morgan fingerprint density at radius 3 is 2.40 bits per heavy atom. The molecule has 1 nitrogen and oxygen atoms in total. The van der Waals surface area contributed by atoms with Crippen molar-refractivity contribution in [2.75, 3.05) is 4.64 Å². The van der Waals surface area contributed by atoms with E-state index in [0.717, 1.165) is 0 Å². The standard InChI is InChI=1S/C6H4BrClFN/c7-5-3-1-2-4-6(5)10(8)9/h1-4H. The minimum atomic E-state index is 0.0457. The topological polar surface area (TPSA) is 3.24 Å². The van der Waals surface area contributed by atoms with E-state index in [-0.39, 0.29) is 4.64 Å². The van der Waals surface area contributed by atoms with Gasteiger partial charge in [0.15, 0.2) is 0 Å². The molecule has 0 saturated carbocycles. The Morgan fingerprint density at radius 1 is 1.40 bits per heavy atom. The third kappa shape index (κ3) is 1.61. The van der Waals surface area contributed by atoms with Crippen LogP contribution in [0.25, 0.3) is 0 Å². The van der Waals surface area contributed by atoms with Crippen LogP contribution in [0.5, 0.6) is 0 Å². The van der Waals surface area contributed by atoms with Gasteiger partial charge in [-0.05, 0) is 28.1 Å². The largest absolute Gasteiger partial charge is 0.116 e. The van der Waals surface area contributed by atoms with Gasteiger partial charge in [0.25, 0.3) is 0 Å². The molecule has 0 aliphatic rings. The van der Waals surface area contributed by atoms with Crippen molar-refractivity contribution in [3.05, 3.63) is 28.7 Å². The molecule has 0 atom stereocenters. The number of para-hydroxylation sites is 1. The van der Waals surface area contributed by atoms with Crippen molar-refractivity contribution in [1.82, 2.24) is 0 Å². The Kier molecular flexibility index (Phi) is 2.51. The zero-order valence-corrected chi connectivity index (χ0v) is 7.23. The first-order valence-electron chi connectivity index (χ1n) is 2.58. The first kappa shape index (κ1) is 7.82. The average molecular weight is 224 g/mol. The first-order chi connectivity index (χ1) is 4.72. The molecule has 0 fully saturated rings. The fourth-order valence-electron chi connectivity index (χ4n) is 0.589. The molecule has 0 amide bonds. The number of hydrogen-bond donors (Lipinski definition) is 0. The predicted molar refractivity (Wildman–Crippen MR) is 43.6 cm³/mol. The summed E-state index contributed by atoms with van der Waals surface area (Å²) in [6.45, 7) is 0. The van der Waals surface area contributed by atoms with Crippen LogP contribution >= 0.6 is 27.7 Å². The van der Waals surface area contributed by atoms with Crippen molar-refractivity contribution in [1.29, 1.82) is 0 Å². The molecule has 0 heterocycles. The molecule has 0 spiro atoms. The zero-order chi connectivity index (χ0) is 7.56. The van der Waals surface area contributed by atoms with E-state index in [9.17, 15) is 4.48 Å². The van der Waals surface area contributed by atoms with Gasteiger partial charge in [-0.15, -0.1) is 4.64 Å². The molecule has 4 heteroatoms. The molecule has 0 unspecified atom stereocenters. The van der Waals surface area contributed by atoms with E-state index in [4.69, 9.17) is 11.8 Å². The van der Waals surface area contributed by atoms with Gasteiger partial charge in [-0.3, -0.25) is 0 Å². The van der Waals surface area contributed by atoms with Crippen molar-refractivity contribution in [3.8, 4) is 0 Å². The van der Waals surface area contributed by atoms with E-state index in [1.165, 1.54) is 0 Å². The molecule has 0 aromatic heterocycles. The second-order valence-electron chi connectivity index (χ2n) is 1.68. The third-order valence-electron chi connectivity index (χ3n) is 1.03. The molecule has 0 aliphatic heterocycles. The van der Waals surface area contributed by atoms with Crippen LogP contribution in [0.15, 0.2) is 28.7 Å². The number of benzene rings is 1. The maximum Gasteiger partial charge on any atom is 0.102 e. The Balaban J connectivity index is 3.03. The maximum absolute atomic E-state index is 12.3. The second kappa shape index (κ2) is 3.21. The molecule has 0 N–H and O–H groups in total. The van der Waals surface area contributed by atoms with Gasteiger partial charge in [0.05, 0.1) is 0 Å². The van der Waals surface area contributed by atoms with Gasteiger partial charge in [0.2, 0.25) is 0 Å². The molecule has 1 rings (SSSR count). The fourth-order valence-corrected chi connectivity index (χ4v) is 1.28. The van der Waals surface area contributed by atoms with E-state index in [2.05, 4.69) is 15.9 Å². The number of nitrogens with zero attached hydrogens (tertiary/aromatic N) is 1. The lowest BCUT2D eigenvalue weighted by molar-refractivity contribution is 0.539. The van der Waals surface area contributed by atoms with Crippen molar-refractivity contribution in [2.45, 2.75) is 0 Å². The zero-order valence-electron chi connectivity index (χ0n) is 4.89. The predicted octanol–water partition coefficient (Wildman–Crippen LogP) is 3.29. The lowest BCUT2D eigenvalue weighted by atomic mass is 10.3. The van der Waals surface area contributed by atoms with Gasteiger partial charge < -0.3 is 0 Å². The van der Waals surface area contributed by atoms with Gasteiger partial charge in [-0.25, -0.2) is 0 Å². The van der Waals surface area contributed by atoms with Crippen LogP contribution in [0, 0.1) is 0 Å². The molecule has 0 aliphatic carbocycles. The SMILES string of the molecule is FN(Cl)c1ccccc1Br. The molecule has 0 saturated heterocycles. The Morgan fingerprint density at radius 2 is 2.00 bits per heavy atom. The number of hydrogen-bond acceptors (Lipinski definition) is 1. The highest BCUT2D eigenvalue weighted by Gasteiger charge is 2.03. The van der Waals surface area contributed by atoms with Crippen LogP contribution in [0.3, 0.4) is 0 Å². The van der Waals surface area contributed by atoms with Crippen molar-refractivity contribution in [3.63, 3.8) is 0 Å². The summed E-state index contributed by atoms with van der Waals surface area (Å²) in [5, 5.41) is 0. The highest BCUT2D eigenvalue weighted by Crippen LogP contribution is 2.26. The van der Waals surface area contributed by atoms with E-state index in [1.54, 1.807) is 24.3 Å². The van der Waals surface area contributed by atoms with Gasteiger partial charge in [0, 0.05) is 16.2 Å². The van der Waals surface area contributed by atoms with E-state index >= 15 is 0 Å². The minimum absolute atomic E-state index is 0.0457. The summed E-state index contributed by atoms with van der Waals surface area (Å²) in [5.41, 5.74) is 0.309. The smallest absolute Gasteiger partial charge is 0.102 e. The molecule has 0 radical (unpaired) electrons. The summed E-state index contributed by atoms with van der Waals surface area (Å²) in [6.07, 6.45) is 0. The molecule has 54 valence electrons. The molecule has 10 heavy (non-hydrogen) atoms. The van der Waals surface area contributed by atoms with Gasteiger partial charge >= 0.3 is 0 Å². The summed E-state index contributed by atoms with van der Waals surface area (Å²) in [7, 11) is 0. The van der Waals surface area contributed by atoms with Crippen LogP contribution in [0.2, 0.25) is 0 Å². The number of anilines is 1. The first-order valence-corrected chi connectivity index (χ1v) is 3.71. The van der Waals surface area contributed by atoms with Crippen LogP contribution in [-0.4, -0.2) is 0 Å². The van der Waals surface area contributed by atoms with Gasteiger partial charge in [-0.2, -0.15) is 0 Å². The molecule has 0 bridgehead atoms.